The van der Waals surface area contributed by atoms with E-state index in [0.717, 1.165) is 23.0 Å². The smallest absolute Gasteiger partial charge is 0.306 e. The molecule has 26 heavy (non-hydrogen) atoms. The molecular weight excluding hydrogens is 366 g/mol. The summed E-state index contributed by atoms with van der Waals surface area (Å²) in [7, 11) is 0. The fourth-order valence-corrected chi connectivity index (χ4v) is 3.34. The maximum absolute atomic E-state index is 14.1. The van der Waals surface area contributed by atoms with Gasteiger partial charge >= 0.3 is 6.18 Å². The molecule has 0 saturated carbocycles. The summed E-state index contributed by atoms with van der Waals surface area (Å²) in [5.41, 5.74) is -2.06. The molecule has 0 spiro atoms. The van der Waals surface area contributed by atoms with E-state index in [9.17, 15) is 17.6 Å². The summed E-state index contributed by atoms with van der Waals surface area (Å²) < 4.78 is 54.7. The molecular formula is C18H17F4N3S. The second kappa shape index (κ2) is 6.57. The molecule has 3 nitrogen and oxygen atoms in total. The van der Waals surface area contributed by atoms with E-state index in [1.165, 1.54) is 25.6 Å². The van der Waals surface area contributed by atoms with Crippen molar-refractivity contribution in [1.82, 2.24) is 14.5 Å². The minimum atomic E-state index is -4.44. The van der Waals surface area contributed by atoms with Crippen LogP contribution in [0.5, 0.6) is 0 Å². The molecule has 0 radical (unpaired) electrons. The first-order valence-electron chi connectivity index (χ1n) is 7.97. The number of thioether (sulfide) groups is 1. The number of hydrogen-bond donors (Lipinski definition) is 0. The van der Waals surface area contributed by atoms with E-state index in [2.05, 4.69) is 9.97 Å². The van der Waals surface area contributed by atoms with Crippen LogP contribution in [0.15, 0.2) is 41.8 Å². The van der Waals surface area contributed by atoms with Crippen molar-refractivity contribution < 1.29 is 17.6 Å². The normalized spacial score (nSPS) is 12.7. The first-order valence-corrected chi connectivity index (χ1v) is 8.95. The fraction of sp³-hybridized carbons (Fsp3) is 0.333. The topological polar surface area (TPSA) is 30.7 Å². The zero-order valence-corrected chi connectivity index (χ0v) is 15.2. The number of halogens is 4. The van der Waals surface area contributed by atoms with Gasteiger partial charge in [0, 0.05) is 35.6 Å². The third-order valence-corrected chi connectivity index (χ3v) is 4.74. The lowest BCUT2D eigenvalue weighted by Gasteiger charge is -2.12. The number of hydrogen-bond acceptors (Lipinski definition) is 3. The maximum Gasteiger partial charge on any atom is 0.417 e. The van der Waals surface area contributed by atoms with Gasteiger partial charge in [-0.3, -0.25) is 4.98 Å². The Hall–Kier alpha value is -2.09. The van der Waals surface area contributed by atoms with Crippen LogP contribution in [-0.2, 0) is 11.8 Å². The van der Waals surface area contributed by atoms with E-state index < -0.39 is 17.4 Å². The number of nitrogens with zero attached hydrogens (tertiary/aromatic N) is 3. The Morgan fingerprint density at radius 1 is 1.00 bits per heavy atom. The van der Waals surface area contributed by atoms with Crippen molar-refractivity contribution in [2.45, 2.75) is 37.5 Å². The number of pyridine rings is 2. The molecule has 0 bridgehead atoms. The highest BCUT2D eigenvalue weighted by Crippen LogP contribution is 2.34. The Labute approximate surface area is 152 Å². The van der Waals surface area contributed by atoms with Crippen LogP contribution in [0.25, 0.3) is 16.6 Å². The second-order valence-electron chi connectivity index (χ2n) is 6.31. The van der Waals surface area contributed by atoms with Gasteiger partial charge in [0.2, 0.25) is 0 Å². The van der Waals surface area contributed by atoms with Crippen molar-refractivity contribution >= 4 is 22.5 Å². The number of alkyl halides is 4. The second-order valence-corrected chi connectivity index (χ2v) is 7.62. The number of fused-ring (bicyclic) bond motifs is 1. The van der Waals surface area contributed by atoms with Gasteiger partial charge in [-0.25, -0.2) is 9.37 Å². The van der Waals surface area contributed by atoms with Crippen LogP contribution in [0.1, 0.15) is 32.0 Å². The minimum absolute atomic E-state index is 0.297. The zero-order chi connectivity index (χ0) is 19.1. The SMILES string of the molecule is CCSc1cc(C(F)(F)F)cnc1-n1cc2cnc(C(C)(C)F)cc2c1. The molecule has 3 heterocycles. The van der Waals surface area contributed by atoms with Gasteiger partial charge in [0.1, 0.15) is 11.5 Å². The Morgan fingerprint density at radius 3 is 2.31 bits per heavy atom. The third kappa shape index (κ3) is 3.70. The van der Waals surface area contributed by atoms with Crippen LogP contribution in [0.4, 0.5) is 17.6 Å². The quantitative estimate of drug-likeness (QED) is 0.424. The van der Waals surface area contributed by atoms with Gasteiger partial charge in [0.15, 0.2) is 0 Å². The maximum atomic E-state index is 14.1. The van der Waals surface area contributed by atoms with Crippen molar-refractivity contribution in [3.63, 3.8) is 0 Å². The highest BCUT2D eigenvalue weighted by Gasteiger charge is 2.32. The van der Waals surface area contributed by atoms with Crippen LogP contribution < -0.4 is 0 Å². The van der Waals surface area contributed by atoms with Crippen molar-refractivity contribution in [1.29, 1.82) is 0 Å². The summed E-state index contributed by atoms with van der Waals surface area (Å²) in [5, 5.41) is 1.50. The monoisotopic (exact) mass is 383 g/mol. The predicted octanol–water partition coefficient (Wildman–Crippen LogP) is 5.76. The van der Waals surface area contributed by atoms with Gasteiger partial charge in [0.25, 0.3) is 0 Å². The van der Waals surface area contributed by atoms with E-state index in [1.807, 2.05) is 6.92 Å². The molecule has 0 fully saturated rings. The van der Waals surface area contributed by atoms with E-state index >= 15 is 0 Å². The lowest BCUT2D eigenvalue weighted by molar-refractivity contribution is -0.138. The lowest BCUT2D eigenvalue weighted by Crippen LogP contribution is -2.10. The molecule has 0 aliphatic rings. The average molecular weight is 383 g/mol. The van der Waals surface area contributed by atoms with Gasteiger partial charge in [-0.1, -0.05) is 6.92 Å². The van der Waals surface area contributed by atoms with E-state index in [-0.39, 0.29) is 0 Å². The van der Waals surface area contributed by atoms with Crippen LogP contribution in [0, 0.1) is 0 Å². The van der Waals surface area contributed by atoms with Gasteiger partial charge < -0.3 is 4.57 Å². The van der Waals surface area contributed by atoms with Gasteiger partial charge in [-0.05, 0) is 31.7 Å². The summed E-state index contributed by atoms with van der Waals surface area (Å²) in [6.07, 6.45) is 1.39. The Bertz CT molecular complexity index is 942. The Kier molecular flexibility index (Phi) is 4.72. The molecule has 0 amide bonds. The van der Waals surface area contributed by atoms with E-state index in [1.54, 1.807) is 29.2 Å². The predicted molar refractivity (Wildman–Crippen MR) is 94.4 cm³/mol. The van der Waals surface area contributed by atoms with Crippen molar-refractivity contribution in [3.8, 4) is 5.82 Å². The molecule has 0 unspecified atom stereocenters. The van der Waals surface area contributed by atoms with Crippen LogP contribution in [0.2, 0.25) is 0 Å². The van der Waals surface area contributed by atoms with Crippen molar-refractivity contribution in [2.24, 2.45) is 0 Å². The summed E-state index contributed by atoms with van der Waals surface area (Å²) in [6.45, 7) is 4.71. The summed E-state index contributed by atoms with van der Waals surface area (Å²) >= 11 is 1.29. The standard InChI is InChI=1S/C18H17F4N3S/c1-4-26-14-6-13(18(20,21)22)8-24-16(14)25-9-11-5-15(17(2,3)19)23-7-12(11)10-25/h5-10H,4H2,1-3H3. The Morgan fingerprint density at radius 2 is 1.69 bits per heavy atom. The molecule has 0 N–H and O–H groups in total. The fourth-order valence-electron chi connectivity index (χ4n) is 2.53. The summed E-state index contributed by atoms with van der Waals surface area (Å²) in [4.78, 5) is 8.59. The molecule has 0 aliphatic heterocycles. The molecule has 0 aromatic carbocycles. The molecule has 3 aromatic heterocycles. The van der Waals surface area contributed by atoms with Gasteiger partial charge in [-0.2, -0.15) is 13.2 Å². The van der Waals surface area contributed by atoms with Crippen LogP contribution in [-0.4, -0.2) is 20.3 Å². The molecule has 0 aliphatic carbocycles. The largest absolute Gasteiger partial charge is 0.417 e. The molecule has 138 valence electrons. The summed E-state index contributed by atoms with van der Waals surface area (Å²) in [6, 6.07) is 2.75. The van der Waals surface area contributed by atoms with Crippen LogP contribution in [0.3, 0.4) is 0 Å². The van der Waals surface area contributed by atoms with Crippen molar-refractivity contribution in [2.75, 3.05) is 5.75 Å². The molecule has 0 atom stereocenters. The summed E-state index contributed by atoms with van der Waals surface area (Å²) in [5.74, 6) is 1.01. The van der Waals surface area contributed by atoms with Crippen LogP contribution >= 0.6 is 11.8 Å². The van der Waals surface area contributed by atoms with Gasteiger partial charge in [-0.15, -0.1) is 11.8 Å². The highest BCUT2D eigenvalue weighted by molar-refractivity contribution is 7.99. The Balaban J connectivity index is 2.10. The first kappa shape index (κ1) is 18.7. The first-order chi connectivity index (χ1) is 12.1. The average Bonchev–Trinajstić information content (AvgIpc) is 2.96. The molecule has 3 aromatic rings. The molecule has 8 heteroatoms. The third-order valence-electron chi connectivity index (χ3n) is 3.84. The molecule has 0 saturated heterocycles. The van der Waals surface area contributed by atoms with Crippen molar-refractivity contribution in [3.05, 3.63) is 48.2 Å². The minimum Gasteiger partial charge on any atom is -0.306 e. The van der Waals surface area contributed by atoms with E-state index in [0.29, 0.717) is 22.2 Å². The highest BCUT2D eigenvalue weighted by atomic mass is 32.2. The molecule has 3 rings (SSSR count). The van der Waals surface area contributed by atoms with E-state index in [4.69, 9.17) is 0 Å². The lowest BCUT2D eigenvalue weighted by atomic mass is 10.1. The number of aromatic nitrogens is 3. The number of rotatable bonds is 4. The zero-order valence-electron chi connectivity index (χ0n) is 14.4. The van der Waals surface area contributed by atoms with Gasteiger partial charge in [0.05, 0.1) is 16.2 Å².